The van der Waals surface area contributed by atoms with E-state index in [-0.39, 0.29) is 40.6 Å². The topological polar surface area (TPSA) is 74.6 Å². The number of ketones is 2. The summed E-state index contributed by atoms with van der Waals surface area (Å²) in [5.41, 5.74) is 1.55. The van der Waals surface area contributed by atoms with Crippen molar-refractivity contribution in [3.05, 3.63) is 64.2 Å². The lowest BCUT2D eigenvalue weighted by molar-refractivity contribution is 0.0975. The maximum Gasteiger partial charge on any atom is 0.198 e. The molecule has 0 fully saturated rings. The summed E-state index contributed by atoms with van der Waals surface area (Å²) in [5, 5.41) is 18.9. The van der Waals surface area contributed by atoms with Gasteiger partial charge in [0.2, 0.25) is 0 Å². The van der Waals surface area contributed by atoms with E-state index in [0.29, 0.717) is 17.5 Å². The van der Waals surface area contributed by atoms with Crippen molar-refractivity contribution in [1.29, 1.82) is 0 Å². The zero-order chi connectivity index (χ0) is 14.3. The third-order valence-electron chi connectivity index (χ3n) is 3.52. The van der Waals surface area contributed by atoms with E-state index in [4.69, 9.17) is 5.11 Å². The number of hydrogen-bond acceptors (Lipinski definition) is 4. The van der Waals surface area contributed by atoms with Gasteiger partial charge in [0, 0.05) is 23.3 Å². The van der Waals surface area contributed by atoms with Crippen molar-refractivity contribution in [3.8, 4) is 5.75 Å². The zero-order valence-corrected chi connectivity index (χ0v) is 10.6. The van der Waals surface area contributed by atoms with Crippen molar-refractivity contribution in [2.45, 2.75) is 6.42 Å². The number of phenols is 1. The highest BCUT2D eigenvalue weighted by atomic mass is 16.3. The first-order valence-electron chi connectivity index (χ1n) is 6.29. The van der Waals surface area contributed by atoms with Crippen LogP contribution in [0.25, 0.3) is 0 Å². The summed E-state index contributed by atoms with van der Waals surface area (Å²) in [7, 11) is 0. The van der Waals surface area contributed by atoms with Crippen LogP contribution >= 0.6 is 0 Å². The number of phenolic OH excluding ortho intramolecular Hbond substituents is 1. The van der Waals surface area contributed by atoms with E-state index in [9.17, 15) is 14.7 Å². The van der Waals surface area contributed by atoms with Crippen LogP contribution < -0.4 is 0 Å². The molecule has 1 aliphatic carbocycles. The summed E-state index contributed by atoms with van der Waals surface area (Å²) < 4.78 is 0. The number of aromatic hydroxyl groups is 1. The van der Waals surface area contributed by atoms with Gasteiger partial charge in [-0.05, 0) is 18.1 Å². The fourth-order valence-corrected chi connectivity index (χ4v) is 2.62. The maximum absolute atomic E-state index is 12.6. The van der Waals surface area contributed by atoms with Gasteiger partial charge in [-0.1, -0.05) is 30.3 Å². The first-order chi connectivity index (χ1) is 9.65. The monoisotopic (exact) mass is 268 g/mol. The molecule has 0 radical (unpaired) electrons. The van der Waals surface area contributed by atoms with Crippen molar-refractivity contribution >= 4 is 11.6 Å². The van der Waals surface area contributed by atoms with Gasteiger partial charge in [0.25, 0.3) is 0 Å². The van der Waals surface area contributed by atoms with Crippen LogP contribution in [0.2, 0.25) is 0 Å². The van der Waals surface area contributed by atoms with Gasteiger partial charge in [-0.15, -0.1) is 0 Å². The SMILES string of the molecule is O=C1c2cccc(CCO)c2C(=O)c2cccc(O)c21. The molecule has 0 aliphatic heterocycles. The van der Waals surface area contributed by atoms with Crippen LogP contribution in [-0.2, 0) is 6.42 Å². The number of carbonyl (C=O) groups is 2. The van der Waals surface area contributed by atoms with Gasteiger partial charge in [0.1, 0.15) is 5.75 Å². The molecule has 2 aromatic carbocycles. The molecule has 3 rings (SSSR count). The second-order valence-corrected chi connectivity index (χ2v) is 4.67. The molecule has 0 saturated carbocycles. The molecule has 0 atom stereocenters. The number of aliphatic hydroxyl groups excluding tert-OH is 1. The Kier molecular flexibility index (Phi) is 2.88. The second-order valence-electron chi connectivity index (χ2n) is 4.67. The van der Waals surface area contributed by atoms with Gasteiger partial charge >= 0.3 is 0 Å². The molecule has 0 bridgehead atoms. The van der Waals surface area contributed by atoms with Gasteiger partial charge in [0.15, 0.2) is 11.6 Å². The second kappa shape index (κ2) is 4.58. The summed E-state index contributed by atoms with van der Waals surface area (Å²) in [6, 6.07) is 9.46. The van der Waals surface area contributed by atoms with Crippen molar-refractivity contribution in [2.24, 2.45) is 0 Å². The zero-order valence-electron chi connectivity index (χ0n) is 10.6. The fraction of sp³-hybridized carbons (Fsp3) is 0.125. The first kappa shape index (κ1) is 12.6. The Morgan fingerprint density at radius 2 is 1.45 bits per heavy atom. The summed E-state index contributed by atoms with van der Waals surface area (Å²) in [5.74, 6) is -0.818. The van der Waals surface area contributed by atoms with Crippen molar-refractivity contribution in [1.82, 2.24) is 0 Å². The molecule has 0 saturated heterocycles. The van der Waals surface area contributed by atoms with Gasteiger partial charge in [-0.3, -0.25) is 9.59 Å². The molecule has 0 aromatic heterocycles. The molecule has 100 valence electrons. The minimum Gasteiger partial charge on any atom is -0.507 e. The van der Waals surface area contributed by atoms with Gasteiger partial charge in [0.05, 0.1) is 5.56 Å². The lowest BCUT2D eigenvalue weighted by Gasteiger charge is -2.20. The van der Waals surface area contributed by atoms with Crippen LogP contribution in [0.4, 0.5) is 0 Å². The Labute approximate surface area is 115 Å². The number of aliphatic hydroxyl groups is 1. The van der Waals surface area contributed by atoms with Gasteiger partial charge in [-0.2, -0.15) is 0 Å². The van der Waals surface area contributed by atoms with Crippen molar-refractivity contribution in [3.63, 3.8) is 0 Å². The molecule has 0 unspecified atom stereocenters. The summed E-state index contributed by atoms with van der Waals surface area (Å²) in [6.45, 7) is -0.0924. The maximum atomic E-state index is 12.6. The smallest absolute Gasteiger partial charge is 0.198 e. The molecular weight excluding hydrogens is 256 g/mol. The molecule has 2 aromatic rings. The van der Waals surface area contributed by atoms with E-state index in [0.717, 1.165) is 0 Å². The van der Waals surface area contributed by atoms with E-state index in [1.54, 1.807) is 24.3 Å². The lowest BCUT2D eigenvalue weighted by Crippen LogP contribution is -2.23. The minimum atomic E-state index is -0.354. The third-order valence-corrected chi connectivity index (χ3v) is 3.52. The van der Waals surface area contributed by atoms with Gasteiger partial charge in [-0.25, -0.2) is 0 Å². The number of hydrogen-bond donors (Lipinski definition) is 2. The van der Waals surface area contributed by atoms with Crippen LogP contribution in [0.5, 0.6) is 5.75 Å². The molecule has 2 N–H and O–H groups in total. The van der Waals surface area contributed by atoms with Crippen LogP contribution in [0.15, 0.2) is 36.4 Å². The summed E-state index contributed by atoms with van der Waals surface area (Å²) in [4.78, 5) is 25.0. The predicted octanol–water partition coefficient (Wildman–Crippen LogP) is 1.70. The molecule has 0 spiro atoms. The first-order valence-corrected chi connectivity index (χ1v) is 6.29. The molecule has 1 aliphatic rings. The average Bonchev–Trinajstić information content (AvgIpc) is 2.45. The largest absolute Gasteiger partial charge is 0.507 e. The van der Waals surface area contributed by atoms with E-state index < -0.39 is 0 Å². The highest BCUT2D eigenvalue weighted by molar-refractivity contribution is 6.29. The standard InChI is InChI=1S/C16H12O4/c17-8-7-9-3-1-4-10-13(9)15(19)11-5-2-6-12(18)14(11)16(10)20/h1-6,17-18H,7-8H2. The molecule has 0 amide bonds. The van der Waals surface area contributed by atoms with Crippen LogP contribution in [-0.4, -0.2) is 28.4 Å². The van der Waals surface area contributed by atoms with Crippen molar-refractivity contribution in [2.75, 3.05) is 6.61 Å². The number of rotatable bonds is 2. The van der Waals surface area contributed by atoms with Crippen LogP contribution in [0, 0.1) is 0 Å². The Balaban J connectivity index is 2.29. The Hall–Kier alpha value is -2.46. The number of fused-ring (bicyclic) bond motifs is 2. The number of carbonyl (C=O) groups excluding carboxylic acids is 2. The Bertz CT molecular complexity index is 731. The number of benzene rings is 2. The Morgan fingerprint density at radius 1 is 0.850 bits per heavy atom. The van der Waals surface area contributed by atoms with Crippen LogP contribution in [0.3, 0.4) is 0 Å². The van der Waals surface area contributed by atoms with E-state index in [1.165, 1.54) is 12.1 Å². The van der Waals surface area contributed by atoms with Gasteiger partial charge < -0.3 is 10.2 Å². The fourth-order valence-electron chi connectivity index (χ4n) is 2.62. The molecule has 4 nitrogen and oxygen atoms in total. The minimum absolute atomic E-state index is 0.0612. The normalized spacial score (nSPS) is 13.1. The van der Waals surface area contributed by atoms with Crippen LogP contribution in [0.1, 0.15) is 37.4 Å². The third kappa shape index (κ3) is 1.66. The average molecular weight is 268 g/mol. The molecule has 0 heterocycles. The summed E-state index contributed by atoms with van der Waals surface area (Å²) in [6.07, 6.45) is 0.316. The quantitative estimate of drug-likeness (QED) is 0.742. The molecular formula is C16H12O4. The van der Waals surface area contributed by atoms with E-state index in [2.05, 4.69) is 0 Å². The highest BCUT2D eigenvalue weighted by Gasteiger charge is 2.33. The predicted molar refractivity (Wildman–Crippen MR) is 72.2 cm³/mol. The van der Waals surface area contributed by atoms with E-state index >= 15 is 0 Å². The summed E-state index contributed by atoms with van der Waals surface area (Å²) >= 11 is 0. The Morgan fingerprint density at radius 3 is 2.15 bits per heavy atom. The van der Waals surface area contributed by atoms with Crippen molar-refractivity contribution < 1.29 is 19.8 Å². The molecule has 4 heteroatoms. The molecule has 20 heavy (non-hydrogen) atoms. The highest BCUT2D eigenvalue weighted by Crippen LogP contribution is 2.33. The lowest BCUT2D eigenvalue weighted by atomic mass is 9.81. The van der Waals surface area contributed by atoms with E-state index in [1.807, 2.05) is 0 Å².